The second kappa shape index (κ2) is 7.23. The molecule has 0 saturated carbocycles. The molecule has 0 bridgehead atoms. The fourth-order valence-corrected chi connectivity index (χ4v) is 2.69. The van der Waals surface area contributed by atoms with E-state index in [0.29, 0.717) is 10.2 Å². The molecule has 0 spiro atoms. The van der Waals surface area contributed by atoms with E-state index in [2.05, 4.69) is 15.9 Å². The Bertz CT molecular complexity index is 408. The van der Waals surface area contributed by atoms with Gasteiger partial charge in [-0.1, -0.05) is 33.8 Å². The predicted octanol–water partition coefficient (Wildman–Crippen LogP) is 2.65. The summed E-state index contributed by atoms with van der Waals surface area (Å²) in [6.07, 6.45) is -2.20. The first kappa shape index (κ1) is 15.6. The molecule has 100 valence electrons. The van der Waals surface area contributed by atoms with Crippen LogP contribution >= 0.6 is 27.7 Å². The lowest BCUT2D eigenvalue weighted by Gasteiger charge is -2.19. The van der Waals surface area contributed by atoms with Gasteiger partial charge in [-0.3, -0.25) is 4.79 Å². The van der Waals surface area contributed by atoms with Crippen LogP contribution in [0.1, 0.15) is 25.0 Å². The fourth-order valence-electron chi connectivity index (χ4n) is 1.47. The minimum Gasteiger partial charge on any atom is -0.390 e. The number of benzene rings is 1. The van der Waals surface area contributed by atoms with Crippen molar-refractivity contribution in [1.82, 2.24) is 0 Å². The normalized spacial score (nSPS) is 14.3. The minimum atomic E-state index is -1.31. The van der Waals surface area contributed by atoms with Gasteiger partial charge >= 0.3 is 0 Å². The zero-order valence-electron chi connectivity index (χ0n) is 9.77. The lowest BCUT2D eigenvalue weighted by atomic mass is 10.0. The highest BCUT2D eigenvalue weighted by atomic mass is 79.9. The van der Waals surface area contributed by atoms with E-state index in [1.807, 2.05) is 0 Å². The summed E-state index contributed by atoms with van der Waals surface area (Å²) in [5, 5.41) is 19.6. The second-order valence-electron chi connectivity index (χ2n) is 3.78. The first-order chi connectivity index (χ1) is 8.43. The van der Waals surface area contributed by atoms with E-state index < -0.39 is 18.0 Å². The molecule has 3 nitrogen and oxygen atoms in total. The van der Waals surface area contributed by atoms with Gasteiger partial charge in [-0.05, 0) is 18.6 Å². The zero-order chi connectivity index (χ0) is 13.7. The molecule has 0 aromatic heterocycles. The number of rotatable bonds is 5. The van der Waals surface area contributed by atoms with Crippen LogP contribution < -0.4 is 0 Å². The van der Waals surface area contributed by atoms with Crippen LogP contribution in [0.25, 0.3) is 0 Å². The largest absolute Gasteiger partial charge is 0.390 e. The van der Waals surface area contributed by atoms with E-state index in [1.165, 1.54) is 19.1 Å². The highest BCUT2D eigenvalue weighted by Gasteiger charge is 2.23. The summed E-state index contributed by atoms with van der Waals surface area (Å²) in [6, 6.07) is 4.33. The third kappa shape index (κ3) is 4.35. The lowest BCUT2D eigenvalue weighted by molar-refractivity contribution is -0.109. The summed E-state index contributed by atoms with van der Waals surface area (Å²) in [6.45, 7) is 1.43. The number of thioether (sulfide) groups is 1. The summed E-state index contributed by atoms with van der Waals surface area (Å²) >= 11 is 4.20. The van der Waals surface area contributed by atoms with E-state index in [0.717, 1.165) is 11.8 Å². The van der Waals surface area contributed by atoms with E-state index in [1.54, 1.807) is 6.07 Å². The molecule has 18 heavy (non-hydrogen) atoms. The van der Waals surface area contributed by atoms with Gasteiger partial charge in [0, 0.05) is 22.7 Å². The van der Waals surface area contributed by atoms with Crippen LogP contribution in [-0.4, -0.2) is 27.2 Å². The van der Waals surface area contributed by atoms with Gasteiger partial charge in [-0.2, -0.15) is 0 Å². The van der Waals surface area contributed by atoms with Crippen molar-refractivity contribution in [3.63, 3.8) is 0 Å². The molecule has 2 unspecified atom stereocenters. The number of hydrogen-bond acceptors (Lipinski definition) is 4. The van der Waals surface area contributed by atoms with Crippen molar-refractivity contribution >= 4 is 32.8 Å². The van der Waals surface area contributed by atoms with Crippen LogP contribution in [-0.2, 0) is 4.79 Å². The summed E-state index contributed by atoms with van der Waals surface area (Å²) in [7, 11) is 0. The van der Waals surface area contributed by atoms with Crippen LogP contribution in [0.4, 0.5) is 4.39 Å². The third-order valence-electron chi connectivity index (χ3n) is 2.38. The molecule has 0 fully saturated rings. The summed E-state index contributed by atoms with van der Waals surface area (Å²) in [5.74, 6) is -0.185. The Balaban J connectivity index is 2.68. The summed E-state index contributed by atoms with van der Waals surface area (Å²) in [5.41, 5.74) is 0.0397. The van der Waals surface area contributed by atoms with Gasteiger partial charge in [0.25, 0.3) is 0 Å². The average Bonchev–Trinajstić information content (AvgIpc) is 2.27. The Morgan fingerprint density at radius 2 is 2.17 bits per heavy atom. The Kier molecular flexibility index (Phi) is 6.28. The van der Waals surface area contributed by atoms with Crippen molar-refractivity contribution in [3.8, 4) is 0 Å². The van der Waals surface area contributed by atoms with E-state index >= 15 is 0 Å². The van der Waals surface area contributed by atoms with Gasteiger partial charge in [0.1, 0.15) is 11.9 Å². The number of aliphatic hydroxyl groups is 2. The van der Waals surface area contributed by atoms with Crippen molar-refractivity contribution in [3.05, 3.63) is 34.1 Å². The molecule has 1 aromatic rings. The van der Waals surface area contributed by atoms with Crippen LogP contribution in [0.3, 0.4) is 0 Å². The summed E-state index contributed by atoms with van der Waals surface area (Å²) in [4.78, 5) is 10.7. The van der Waals surface area contributed by atoms with Crippen LogP contribution in [0.5, 0.6) is 0 Å². The predicted molar refractivity (Wildman–Crippen MR) is 72.8 cm³/mol. The molecule has 6 heteroatoms. The molecule has 0 aliphatic heterocycles. The van der Waals surface area contributed by atoms with Gasteiger partial charge in [0.05, 0.1) is 6.10 Å². The molecule has 0 heterocycles. The fraction of sp³-hybridized carbons (Fsp3) is 0.417. The Morgan fingerprint density at radius 1 is 1.50 bits per heavy atom. The number of aliphatic hydroxyl groups excluding tert-OH is 2. The van der Waals surface area contributed by atoms with Crippen LogP contribution in [0, 0.1) is 5.82 Å². The second-order valence-corrected chi connectivity index (χ2v) is 5.90. The molecule has 0 aliphatic rings. The molecular weight excluding hydrogens is 323 g/mol. The number of hydrogen-bond donors (Lipinski definition) is 2. The van der Waals surface area contributed by atoms with Gasteiger partial charge < -0.3 is 10.2 Å². The van der Waals surface area contributed by atoms with Gasteiger partial charge in [-0.15, -0.1) is 0 Å². The molecule has 0 saturated heterocycles. The van der Waals surface area contributed by atoms with E-state index in [-0.39, 0.29) is 17.1 Å². The maximum Gasteiger partial charge on any atom is 0.185 e. The highest BCUT2D eigenvalue weighted by Crippen LogP contribution is 2.29. The number of carbonyl (C=O) groups is 1. The Hall–Kier alpha value is -0.430. The number of carbonyl (C=O) groups excluding carboxylic acids is 1. The van der Waals surface area contributed by atoms with Crippen LogP contribution in [0.2, 0.25) is 0 Å². The Morgan fingerprint density at radius 3 is 2.72 bits per heavy atom. The first-order valence-electron chi connectivity index (χ1n) is 5.37. The molecule has 1 aromatic carbocycles. The third-order valence-corrected chi connectivity index (χ3v) is 3.92. The van der Waals surface area contributed by atoms with Gasteiger partial charge in [0.2, 0.25) is 0 Å². The van der Waals surface area contributed by atoms with Crippen molar-refractivity contribution in [2.75, 3.05) is 5.75 Å². The molecule has 2 atom stereocenters. The maximum absolute atomic E-state index is 13.6. The zero-order valence-corrected chi connectivity index (χ0v) is 12.2. The molecule has 0 aliphatic carbocycles. The SMILES string of the molecule is CC(=O)SCCC(O)C(O)c1c(F)cccc1Br. The molecular formula is C12H14BrFO3S. The van der Waals surface area contributed by atoms with Crippen LogP contribution in [0.15, 0.2) is 22.7 Å². The standard InChI is InChI=1S/C12H14BrFO3S/c1-7(15)18-6-5-10(16)12(17)11-8(13)3-2-4-9(11)14/h2-4,10,12,16-17H,5-6H2,1H3. The van der Waals surface area contributed by atoms with Gasteiger partial charge in [0.15, 0.2) is 5.12 Å². The van der Waals surface area contributed by atoms with Crippen molar-refractivity contribution in [1.29, 1.82) is 0 Å². The smallest absolute Gasteiger partial charge is 0.185 e. The minimum absolute atomic E-state index is 0.0397. The quantitative estimate of drug-likeness (QED) is 0.867. The van der Waals surface area contributed by atoms with Crippen molar-refractivity contribution < 1.29 is 19.4 Å². The lowest BCUT2D eigenvalue weighted by Crippen LogP contribution is -2.20. The van der Waals surface area contributed by atoms with E-state index in [9.17, 15) is 19.4 Å². The molecule has 0 amide bonds. The highest BCUT2D eigenvalue weighted by molar-refractivity contribution is 9.10. The average molecular weight is 337 g/mol. The topological polar surface area (TPSA) is 57.5 Å². The Labute approximate surface area is 118 Å². The molecule has 1 rings (SSSR count). The summed E-state index contributed by atoms with van der Waals surface area (Å²) < 4.78 is 14.0. The van der Waals surface area contributed by atoms with Gasteiger partial charge in [-0.25, -0.2) is 4.39 Å². The number of halogens is 2. The van der Waals surface area contributed by atoms with Crippen molar-refractivity contribution in [2.45, 2.75) is 25.6 Å². The molecule has 2 N–H and O–H groups in total. The van der Waals surface area contributed by atoms with Crippen molar-refractivity contribution in [2.24, 2.45) is 0 Å². The monoisotopic (exact) mass is 336 g/mol. The van der Waals surface area contributed by atoms with E-state index in [4.69, 9.17) is 0 Å². The first-order valence-corrected chi connectivity index (χ1v) is 7.14. The maximum atomic E-state index is 13.6. The molecule has 0 radical (unpaired) electrons.